The Morgan fingerprint density at radius 1 is 1.09 bits per heavy atom. The first-order chi connectivity index (χ1) is 16.6. The Balaban J connectivity index is 1.75. The van der Waals surface area contributed by atoms with E-state index in [4.69, 9.17) is 30.0 Å². The van der Waals surface area contributed by atoms with Crippen LogP contribution in [0.25, 0.3) is 11.5 Å². The van der Waals surface area contributed by atoms with Crippen molar-refractivity contribution in [1.82, 2.24) is 19.5 Å². The number of carbonyl (C=O) groups is 2. The minimum atomic E-state index is -4.33. The van der Waals surface area contributed by atoms with Crippen LogP contribution in [0.1, 0.15) is 25.6 Å². The highest BCUT2D eigenvalue weighted by molar-refractivity contribution is 7.86. The molecule has 35 heavy (non-hydrogen) atoms. The normalized spacial score (nSPS) is 22.3. The molecule has 4 rings (SSSR count). The van der Waals surface area contributed by atoms with Crippen molar-refractivity contribution in [2.75, 3.05) is 6.61 Å². The lowest BCUT2D eigenvalue weighted by Gasteiger charge is -2.25. The number of carbonyl (C=O) groups excluding carboxylic acids is 2. The third-order valence-electron chi connectivity index (χ3n) is 5.17. The second-order valence-electron chi connectivity index (χ2n) is 7.76. The zero-order chi connectivity index (χ0) is 25.3. The van der Waals surface area contributed by atoms with E-state index in [1.807, 2.05) is 6.92 Å². The van der Waals surface area contributed by atoms with Crippen LogP contribution in [0.15, 0.2) is 41.8 Å². The van der Waals surface area contributed by atoms with Gasteiger partial charge in [-0.05, 0) is 19.1 Å². The number of rotatable bonds is 7. The van der Waals surface area contributed by atoms with Crippen molar-refractivity contribution < 1.29 is 36.4 Å². The van der Waals surface area contributed by atoms with E-state index in [2.05, 4.69) is 15.0 Å². The summed E-state index contributed by atoms with van der Waals surface area (Å²) in [5.41, 5.74) is 1.11. The largest absolute Gasteiger partial charge is 0.463 e. The summed E-state index contributed by atoms with van der Waals surface area (Å²) in [6, 6.07) is 6.00. The topological polar surface area (TPSA) is 149 Å². The standard InChI is InChI=1S/C21H21ClN4O8S/c1-11-4-6-14(7-5-11)35(29,30)34-17-15(8-31-12(2)27)33-21(18(17)32-13(3)28)26-10-25-20-16(19(26)22)23-9-24-20/h4-7,9-10,15,17-18,21H,8H2,1-3H3/t15-,17+,18-,21-/m1/s1. The van der Waals surface area contributed by atoms with Gasteiger partial charge in [-0.3, -0.25) is 18.3 Å². The number of hydrogen-bond acceptors (Lipinski definition) is 11. The highest BCUT2D eigenvalue weighted by atomic mass is 35.5. The molecule has 0 N–H and O–H groups in total. The molecule has 1 saturated heterocycles. The highest BCUT2D eigenvalue weighted by Gasteiger charge is 2.52. The maximum absolute atomic E-state index is 13.1. The number of imidazole rings is 1. The van der Waals surface area contributed by atoms with Gasteiger partial charge in [-0.2, -0.15) is 8.42 Å². The number of nitrogens with zero attached hydrogens (tertiary/aromatic N) is 4. The van der Waals surface area contributed by atoms with Crippen molar-refractivity contribution in [3.05, 3.63) is 47.6 Å². The zero-order valence-electron chi connectivity index (χ0n) is 18.8. The van der Waals surface area contributed by atoms with Gasteiger partial charge in [0.2, 0.25) is 0 Å². The summed E-state index contributed by atoms with van der Waals surface area (Å²) in [6.07, 6.45) is -2.45. The van der Waals surface area contributed by atoms with Gasteiger partial charge >= 0.3 is 11.9 Å². The first kappa shape index (κ1) is 25.0. The molecule has 12 nitrogen and oxygen atoms in total. The van der Waals surface area contributed by atoms with Crippen molar-refractivity contribution >= 4 is 33.7 Å². The maximum atomic E-state index is 13.1. The smallest absolute Gasteiger partial charge is 0.303 e. The van der Waals surface area contributed by atoms with Gasteiger partial charge in [0.05, 0.1) is 4.90 Å². The second-order valence-corrected chi connectivity index (χ2v) is 9.69. The number of fused-ring (bicyclic) bond motifs is 1. The van der Waals surface area contributed by atoms with Crippen LogP contribution in [-0.2, 0) is 38.1 Å². The Hall–Kier alpha value is -3.13. The Kier molecular flexibility index (Phi) is 7.03. The van der Waals surface area contributed by atoms with Crippen LogP contribution in [0.4, 0.5) is 0 Å². The van der Waals surface area contributed by atoms with Gasteiger partial charge in [0, 0.05) is 13.8 Å². The SMILES string of the molecule is CC(=O)OC[C@H]1O[C@@H](n2cnc3ncnc-3c2Cl)[C@H](OC(C)=O)[C@H]1OS(=O)(=O)c1ccc(C)cc1. The van der Waals surface area contributed by atoms with Gasteiger partial charge in [0.15, 0.2) is 18.2 Å². The number of aromatic nitrogens is 4. The van der Waals surface area contributed by atoms with Crippen LogP contribution in [0.2, 0.25) is 5.15 Å². The van der Waals surface area contributed by atoms with Crippen molar-refractivity contribution in [3.8, 4) is 11.5 Å². The molecule has 1 aromatic carbocycles. The molecule has 0 bridgehead atoms. The zero-order valence-corrected chi connectivity index (χ0v) is 20.4. The summed E-state index contributed by atoms with van der Waals surface area (Å²) < 4.78 is 49.5. The molecule has 4 atom stereocenters. The van der Waals surface area contributed by atoms with E-state index < -0.39 is 46.6 Å². The third kappa shape index (κ3) is 5.27. The summed E-state index contributed by atoms with van der Waals surface area (Å²) >= 11 is 6.49. The Labute approximate surface area is 205 Å². The van der Waals surface area contributed by atoms with Gasteiger partial charge in [0.1, 0.15) is 42.3 Å². The molecule has 3 aliphatic heterocycles. The van der Waals surface area contributed by atoms with Crippen LogP contribution in [0.3, 0.4) is 0 Å². The fraction of sp³-hybridized carbons (Fsp3) is 0.381. The van der Waals surface area contributed by atoms with E-state index in [-0.39, 0.29) is 28.2 Å². The predicted molar refractivity (Wildman–Crippen MR) is 119 cm³/mol. The lowest BCUT2D eigenvalue weighted by Crippen LogP contribution is -2.41. The fourth-order valence-corrected chi connectivity index (χ4v) is 4.95. The maximum Gasteiger partial charge on any atom is 0.303 e. The van der Waals surface area contributed by atoms with Crippen LogP contribution in [0, 0.1) is 6.92 Å². The van der Waals surface area contributed by atoms with E-state index in [0.717, 1.165) is 12.5 Å². The fourth-order valence-electron chi connectivity index (χ4n) is 3.57. The summed E-state index contributed by atoms with van der Waals surface area (Å²) in [5, 5.41) is 0.0583. The monoisotopic (exact) mass is 524 g/mol. The highest BCUT2D eigenvalue weighted by Crippen LogP contribution is 2.39. The van der Waals surface area contributed by atoms with Crippen molar-refractivity contribution in [2.24, 2.45) is 0 Å². The minimum absolute atomic E-state index is 0.0583. The summed E-state index contributed by atoms with van der Waals surface area (Å²) in [5.74, 6) is -1.07. The van der Waals surface area contributed by atoms with Crippen molar-refractivity contribution in [1.29, 1.82) is 0 Å². The average Bonchev–Trinajstić information content (AvgIpc) is 3.39. The Morgan fingerprint density at radius 2 is 1.80 bits per heavy atom. The van der Waals surface area contributed by atoms with E-state index in [1.54, 1.807) is 12.1 Å². The average molecular weight is 525 g/mol. The van der Waals surface area contributed by atoms with Gasteiger partial charge in [-0.1, -0.05) is 29.3 Å². The van der Waals surface area contributed by atoms with Gasteiger partial charge in [-0.15, -0.1) is 0 Å². The molecular formula is C21H21ClN4O8S. The number of esters is 2. The van der Waals surface area contributed by atoms with Crippen LogP contribution in [-0.4, -0.2) is 64.8 Å². The molecule has 1 fully saturated rings. The van der Waals surface area contributed by atoms with Crippen LogP contribution in [0.5, 0.6) is 0 Å². The summed E-state index contributed by atoms with van der Waals surface area (Å²) in [4.78, 5) is 35.5. The van der Waals surface area contributed by atoms with E-state index in [9.17, 15) is 18.0 Å². The molecule has 3 aliphatic rings. The van der Waals surface area contributed by atoms with E-state index >= 15 is 0 Å². The molecule has 0 unspecified atom stereocenters. The van der Waals surface area contributed by atoms with E-state index in [1.165, 1.54) is 36.3 Å². The molecule has 0 spiro atoms. The molecule has 0 saturated carbocycles. The lowest BCUT2D eigenvalue weighted by molar-refractivity contribution is -0.155. The first-order valence-corrected chi connectivity index (χ1v) is 12.1. The molecule has 0 aromatic heterocycles. The van der Waals surface area contributed by atoms with Gasteiger partial charge in [0.25, 0.3) is 10.1 Å². The predicted octanol–water partition coefficient (Wildman–Crippen LogP) is 1.91. The number of benzene rings is 1. The van der Waals surface area contributed by atoms with E-state index in [0.29, 0.717) is 0 Å². The van der Waals surface area contributed by atoms with Gasteiger partial charge in [-0.25, -0.2) is 15.0 Å². The number of ether oxygens (including phenoxy) is 3. The quantitative estimate of drug-likeness (QED) is 0.253. The molecule has 3 heterocycles. The Bertz CT molecular complexity index is 1310. The molecule has 0 aliphatic carbocycles. The second kappa shape index (κ2) is 9.85. The summed E-state index contributed by atoms with van der Waals surface area (Å²) in [6.45, 7) is 3.77. The van der Waals surface area contributed by atoms with Crippen LogP contribution < -0.4 is 0 Å². The van der Waals surface area contributed by atoms with Gasteiger partial charge < -0.3 is 14.2 Å². The number of hydrogen-bond donors (Lipinski definition) is 0. The summed E-state index contributed by atoms with van der Waals surface area (Å²) in [7, 11) is -4.33. The van der Waals surface area contributed by atoms with Crippen molar-refractivity contribution in [2.45, 2.75) is 50.2 Å². The molecule has 0 amide bonds. The molecule has 1 aromatic rings. The lowest BCUT2D eigenvalue weighted by atomic mass is 10.1. The molecule has 186 valence electrons. The third-order valence-corrected chi connectivity index (χ3v) is 6.86. The minimum Gasteiger partial charge on any atom is -0.463 e. The number of halogens is 1. The molecule has 14 heteroatoms. The molecular weight excluding hydrogens is 504 g/mol. The van der Waals surface area contributed by atoms with Crippen LogP contribution >= 0.6 is 11.6 Å². The first-order valence-electron chi connectivity index (χ1n) is 10.4. The van der Waals surface area contributed by atoms with Crippen molar-refractivity contribution in [3.63, 3.8) is 0 Å². The Morgan fingerprint density at radius 3 is 2.46 bits per heavy atom. The number of aryl methyl sites for hydroxylation is 1. The molecule has 0 radical (unpaired) electrons.